The molecule has 0 radical (unpaired) electrons. The molecule has 4 heteroatoms. The number of furan rings is 1. The van der Waals surface area contributed by atoms with Crippen LogP contribution in [0.1, 0.15) is 23.5 Å². The summed E-state index contributed by atoms with van der Waals surface area (Å²) in [5.74, 6) is 0.331. The molecule has 0 spiro atoms. The van der Waals surface area contributed by atoms with Crippen molar-refractivity contribution in [2.45, 2.75) is 12.3 Å². The van der Waals surface area contributed by atoms with Crippen LogP contribution < -0.4 is 0 Å². The Morgan fingerprint density at radius 2 is 1.26 bits per heavy atom. The molecule has 0 saturated carbocycles. The molecule has 0 saturated heterocycles. The lowest BCUT2D eigenvalue weighted by atomic mass is 9.91. The highest BCUT2D eigenvalue weighted by Crippen LogP contribution is 2.42. The minimum atomic E-state index is 0.331. The Bertz CT molecular complexity index is 3180. The van der Waals surface area contributed by atoms with Crippen LogP contribution in [-0.4, -0.2) is 9.13 Å². The summed E-state index contributed by atoms with van der Waals surface area (Å²) in [4.78, 5) is 0. The SMILES string of the molecule is N#Cc1cc(-c2cccc(-n3c4ccc(C5C=CC=CC5)cc4c4c5oc6ccccc6c5ccc43)c2)cc(-n2c3ccccc3c3ccccc32)c1. The number of rotatable bonds is 4. The second kappa shape index (κ2) is 11.5. The zero-order chi connectivity index (χ0) is 35.0. The van der Waals surface area contributed by atoms with Gasteiger partial charge >= 0.3 is 0 Å². The third-order valence-corrected chi connectivity index (χ3v) is 11.0. The topological polar surface area (TPSA) is 46.8 Å². The van der Waals surface area contributed by atoms with Gasteiger partial charge in [0, 0.05) is 44.2 Å². The molecule has 11 rings (SSSR count). The van der Waals surface area contributed by atoms with Crippen LogP contribution >= 0.6 is 0 Å². The van der Waals surface area contributed by atoms with Crippen LogP contribution in [0.3, 0.4) is 0 Å². The number of hydrogen-bond donors (Lipinski definition) is 0. The van der Waals surface area contributed by atoms with E-state index < -0.39 is 0 Å². The second-order valence-electron chi connectivity index (χ2n) is 14.0. The van der Waals surface area contributed by atoms with E-state index in [2.05, 4.69) is 167 Å². The van der Waals surface area contributed by atoms with Crippen molar-refractivity contribution in [1.29, 1.82) is 5.26 Å². The summed E-state index contributed by atoms with van der Waals surface area (Å²) in [6.07, 6.45) is 9.81. The molecule has 10 aromatic rings. The van der Waals surface area contributed by atoms with Crippen molar-refractivity contribution in [2.75, 3.05) is 0 Å². The van der Waals surface area contributed by atoms with E-state index in [1.807, 2.05) is 18.2 Å². The summed E-state index contributed by atoms with van der Waals surface area (Å²) in [5.41, 5.74) is 12.2. The standard InChI is InChI=1S/C49H31N3O/c50-30-31-25-35(28-37(26-31)52-43-18-7-4-15-38(43)39-16-5-8-19-44(39)52)33-13-10-14-36(27-33)51-45-23-21-34(32-11-2-1-3-12-32)29-42(45)48-46(51)24-22-41-40-17-6-9-20-47(40)53-49(41)48/h1-11,13-29,32H,12H2. The number of fused-ring (bicyclic) bond motifs is 10. The van der Waals surface area contributed by atoms with Crippen LogP contribution in [0.25, 0.3) is 88.1 Å². The fourth-order valence-corrected chi connectivity index (χ4v) is 8.64. The molecule has 248 valence electrons. The van der Waals surface area contributed by atoms with Crippen molar-refractivity contribution in [3.63, 3.8) is 0 Å². The number of allylic oxidation sites excluding steroid dienone is 4. The summed E-state index contributed by atoms with van der Waals surface area (Å²) in [6, 6.07) is 54.0. The third-order valence-electron chi connectivity index (χ3n) is 11.0. The van der Waals surface area contributed by atoms with Crippen LogP contribution in [-0.2, 0) is 0 Å². The van der Waals surface area contributed by atoms with E-state index in [0.29, 0.717) is 11.5 Å². The van der Waals surface area contributed by atoms with Gasteiger partial charge in [-0.3, -0.25) is 0 Å². The molecule has 0 bridgehead atoms. The summed E-state index contributed by atoms with van der Waals surface area (Å²) in [7, 11) is 0. The van der Waals surface area contributed by atoms with Crippen molar-refractivity contribution in [1.82, 2.24) is 9.13 Å². The van der Waals surface area contributed by atoms with Crippen LogP contribution in [0.2, 0.25) is 0 Å². The molecule has 7 aromatic carbocycles. The Labute approximate surface area is 305 Å². The predicted octanol–water partition coefficient (Wildman–Crippen LogP) is 12.9. The van der Waals surface area contributed by atoms with Gasteiger partial charge in [0.1, 0.15) is 11.2 Å². The van der Waals surface area contributed by atoms with Gasteiger partial charge in [-0.25, -0.2) is 0 Å². The molecule has 1 unspecified atom stereocenters. The average molecular weight is 678 g/mol. The largest absolute Gasteiger partial charge is 0.455 e. The van der Waals surface area contributed by atoms with Gasteiger partial charge in [0.15, 0.2) is 0 Å². The molecule has 1 aliphatic rings. The molecular weight excluding hydrogens is 647 g/mol. The maximum atomic E-state index is 10.3. The minimum Gasteiger partial charge on any atom is -0.455 e. The first-order valence-electron chi connectivity index (χ1n) is 18.1. The van der Waals surface area contributed by atoms with Crippen molar-refractivity contribution in [2.24, 2.45) is 0 Å². The van der Waals surface area contributed by atoms with Crippen LogP contribution in [0.5, 0.6) is 0 Å². The maximum absolute atomic E-state index is 10.3. The molecule has 0 aliphatic heterocycles. The van der Waals surface area contributed by atoms with Crippen LogP contribution in [0.15, 0.2) is 174 Å². The lowest BCUT2D eigenvalue weighted by Crippen LogP contribution is -1.98. The molecule has 1 aliphatic carbocycles. The Balaban J connectivity index is 1.13. The fourth-order valence-electron chi connectivity index (χ4n) is 8.64. The first-order chi connectivity index (χ1) is 26.2. The van der Waals surface area contributed by atoms with E-state index in [1.165, 1.54) is 21.7 Å². The summed E-state index contributed by atoms with van der Waals surface area (Å²) in [5, 5.41) is 17.2. The molecule has 53 heavy (non-hydrogen) atoms. The Hall–Kier alpha value is -7.09. The highest BCUT2D eigenvalue weighted by molar-refractivity contribution is 6.24. The number of aromatic nitrogens is 2. The van der Waals surface area contributed by atoms with Gasteiger partial charge in [0.05, 0.1) is 39.1 Å². The maximum Gasteiger partial charge on any atom is 0.145 e. The van der Waals surface area contributed by atoms with Gasteiger partial charge in [-0.2, -0.15) is 5.26 Å². The van der Waals surface area contributed by atoms with E-state index >= 15 is 0 Å². The van der Waals surface area contributed by atoms with Gasteiger partial charge in [0.2, 0.25) is 0 Å². The van der Waals surface area contributed by atoms with Crippen LogP contribution in [0, 0.1) is 11.3 Å². The monoisotopic (exact) mass is 677 g/mol. The third kappa shape index (κ3) is 4.48. The van der Waals surface area contributed by atoms with E-state index in [-0.39, 0.29) is 0 Å². The minimum absolute atomic E-state index is 0.331. The molecule has 4 nitrogen and oxygen atoms in total. The number of nitriles is 1. The highest BCUT2D eigenvalue weighted by Gasteiger charge is 2.21. The first kappa shape index (κ1) is 29.6. The van der Waals surface area contributed by atoms with E-state index in [0.717, 1.165) is 78.3 Å². The molecule has 0 N–H and O–H groups in total. The quantitative estimate of drug-likeness (QED) is 0.186. The molecule has 1 atom stereocenters. The lowest BCUT2D eigenvalue weighted by molar-refractivity contribution is 0.673. The molecular formula is C49H31N3O. The second-order valence-corrected chi connectivity index (χ2v) is 14.0. The number of benzene rings is 7. The Morgan fingerprint density at radius 1 is 0.547 bits per heavy atom. The molecule has 0 amide bonds. The zero-order valence-corrected chi connectivity index (χ0v) is 28.7. The van der Waals surface area contributed by atoms with Crippen molar-refractivity contribution < 1.29 is 4.42 Å². The lowest BCUT2D eigenvalue weighted by Gasteiger charge is -2.15. The average Bonchev–Trinajstić information content (AvgIpc) is 3.88. The summed E-state index contributed by atoms with van der Waals surface area (Å²) < 4.78 is 11.3. The summed E-state index contributed by atoms with van der Waals surface area (Å²) >= 11 is 0. The number of hydrogen-bond acceptors (Lipinski definition) is 2. The van der Waals surface area contributed by atoms with E-state index in [9.17, 15) is 5.26 Å². The van der Waals surface area contributed by atoms with Crippen molar-refractivity contribution >= 4 is 65.6 Å². The Kier molecular flexibility index (Phi) is 6.41. The predicted molar refractivity (Wildman–Crippen MR) is 218 cm³/mol. The fraction of sp³-hybridized carbons (Fsp3) is 0.0408. The smallest absolute Gasteiger partial charge is 0.145 e. The van der Waals surface area contributed by atoms with E-state index in [4.69, 9.17) is 4.42 Å². The van der Waals surface area contributed by atoms with Gasteiger partial charge in [-0.1, -0.05) is 97.1 Å². The van der Waals surface area contributed by atoms with Gasteiger partial charge < -0.3 is 13.6 Å². The number of para-hydroxylation sites is 3. The molecule has 0 fully saturated rings. The highest BCUT2D eigenvalue weighted by atomic mass is 16.3. The van der Waals surface area contributed by atoms with Crippen molar-refractivity contribution in [3.05, 3.63) is 181 Å². The molecule has 3 aromatic heterocycles. The van der Waals surface area contributed by atoms with E-state index in [1.54, 1.807) is 0 Å². The van der Waals surface area contributed by atoms with Crippen molar-refractivity contribution in [3.8, 4) is 28.6 Å². The molecule has 3 heterocycles. The van der Waals surface area contributed by atoms with Gasteiger partial charge in [-0.05, 0) is 95.9 Å². The van der Waals surface area contributed by atoms with Crippen LogP contribution in [0.4, 0.5) is 0 Å². The number of nitrogens with zero attached hydrogens (tertiary/aromatic N) is 3. The van der Waals surface area contributed by atoms with Gasteiger partial charge in [-0.15, -0.1) is 0 Å². The zero-order valence-electron chi connectivity index (χ0n) is 28.7. The Morgan fingerprint density at radius 3 is 2.06 bits per heavy atom. The normalized spacial score (nSPS) is 14.4. The van der Waals surface area contributed by atoms with Gasteiger partial charge in [0.25, 0.3) is 0 Å². The summed E-state index contributed by atoms with van der Waals surface area (Å²) in [6.45, 7) is 0. The first-order valence-corrected chi connectivity index (χ1v) is 18.1.